The largest absolute Gasteiger partial charge is 0.370 e. The van der Waals surface area contributed by atoms with E-state index in [9.17, 15) is 4.79 Å². The van der Waals surface area contributed by atoms with Gasteiger partial charge in [-0.2, -0.15) is 5.10 Å². The highest BCUT2D eigenvalue weighted by Gasteiger charge is 2.19. The van der Waals surface area contributed by atoms with Crippen molar-refractivity contribution in [2.75, 3.05) is 31.1 Å². The first kappa shape index (κ1) is 13.7. The molecule has 0 atom stereocenters. The molecule has 0 aliphatic carbocycles. The summed E-state index contributed by atoms with van der Waals surface area (Å²) >= 11 is 0. The molecular weight excluding hydrogens is 264 g/mol. The highest BCUT2D eigenvalue weighted by molar-refractivity contribution is 5.78. The maximum absolute atomic E-state index is 12.3. The molecular formula is C16H20N4O. The van der Waals surface area contributed by atoms with Gasteiger partial charge in [0.2, 0.25) is 5.91 Å². The predicted molar refractivity (Wildman–Crippen MR) is 82.1 cm³/mol. The maximum Gasteiger partial charge on any atom is 0.228 e. The van der Waals surface area contributed by atoms with Gasteiger partial charge in [-0.3, -0.25) is 9.89 Å². The van der Waals surface area contributed by atoms with E-state index >= 15 is 0 Å². The number of hydrogen-bond donors (Lipinski definition) is 1. The number of carbonyl (C=O) groups is 1. The third-order valence-corrected chi connectivity index (χ3v) is 3.87. The lowest BCUT2D eigenvalue weighted by molar-refractivity contribution is -0.130. The minimum absolute atomic E-state index is 0.175. The van der Waals surface area contributed by atoms with Gasteiger partial charge in [0.05, 0.1) is 6.42 Å². The summed E-state index contributed by atoms with van der Waals surface area (Å²) in [5.74, 6) is 0.175. The van der Waals surface area contributed by atoms with Crippen molar-refractivity contribution in [3.63, 3.8) is 0 Å². The first-order chi connectivity index (χ1) is 10.3. The second kappa shape index (κ2) is 6.43. The van der Waals surface area contributed by atoms with Gasteiger partial charge in [0.1, 0.15) is 0 Å². The molecule has 0 saturated carbocycles. The van der Waals surface area contributed by atoms with Crippen molar-refractivity contribution in [1.29, 1.82) is 0 Å². The highest BCUT2D eigenvalue weighted by Crippen LogP contribution is 2.16. The molecule has 1 aromatic heterocycles. The molecule has 5 heteroatoms. The second-order valence-corrected chi connectivity index (χ2v) is 5.32. The zero-order valence-electron chi connectivity index (χ0n) is 12.0. The van der Waals surface area contributed by atoms with E-state index in [0.29, 0.717) is 6.42 Å². The normalized spacial score (nSPS) is 15.8. The molecule has 21 heavy (non-hydrogen) atoms. The molecule has 1 fully saturated rings. The molecule has 1 aromatic carbocycles. The molecule has 0 spiro atoms. The summed E-state index contributed by atoms with van der Waals surface area (Å²) in [6.07, 6.45) is 3.09. The van der Waals surface area contributed by atoms with Gasteiger partial charge in [0, 0.05) is 43.8 Å². The third kappa shape index (κ3) is 3.42. The standard InChI is InChI=1S/C16H20N4O/c21-16(13-14-7-8-17-18-14)20-10-4-9-19(11-12-20)15-5-2-1-3-6-15/h1-3,5-8H,4,9-13H2,(H,17,18). The van der Waals surface area contributed by atoms with E-state index in [1.165, 1.54) is 5.69 Å². The number of carbonyl (C=O) groups excluding carboxylic acids is 1. The lowest BCUT2D eigenvalue weighted by Crippen LogP contribution is -2.36. The van der Waals surface area contributed by atoms with Gasteiger partial charge in [-0.1, -0.05) is 18.2 Å². The number of amides is 1. The number of benzene rings is 1. The van der Waals surface area contributed by atoms with Gasteiger partial charge in [0.25, 0.3) is 0 Å². The molecule has 3 rings (SSSR count). The Bertz CT molecular complexity index is 567. The number of aromatic amines is 1. The van der Waals surface area contributed by atoms with Crippen LogP contribution in [0.15, 0.2) is 42.6 Å². The number of aromatic nitrogens is 2. The van der Waals surface area contributed by atoms with Gasteiger partial charge in [0.15, 0.2) is 0 Å². The van der Waals surface area contributed by atoms with Gasteiger partial charge in [-0.05, 0) is 24.6 Å². The van der Waals surface area contributed by atoms with Crippen LogP contribution in [0.5, 0.6) is 0 Å². The van der Waals surface area contributed by atoms with E-state index in [2.05, 4.69) is 39.4 Å². The number of H-pyrrole nitrogens is 1. The summed E-state index contributed by atoms with van der Waals surface area (Å²) in [7, 11) is 0. The zero-order chi connectivity index (χ0) is 14.5. The summed E-state index contributed by atoms with van der Waals surface area (Å²) in [5, 5.41) is 6.74. The van der Waals surface area contributed by atoms with Crippen LogP contribution in [0.1, 0.15) is 12.1 Å². The SMILES string of the molecule is O=C(Cc1ccn[nH]1)N1CCCN(c2ccccc2)CC1. The number of nitrogens with one attached hydrogen (secondary N) is 1. The van der Waals surface area contributed by atoms with E-state index in [-0.39, 0.29) is 5.91 Å². The van der Waals surface area contributed by atoms with Crippen LogP contribution in [0.3, 0.4) is 0 Å². The molecule has 1 N–H and O–H groups in total. The molecule has 0 unspecified atom stereocenters. The van der Waals surface area contributed by atoms with Crippen molar-refractivity contribution in [2.24, 2.45) is 0 Å². The monoisotopic (exact) mass is 284 g/mol. The summed E-state index contributed by atoms with van der Waals surface area (Å²) in [6.45, 7) is 3.49. The fraction of sp³-hybridized carbons (Fsp3) is 0.375. The third-order valence-electron chi connectivity index (χ3n) is 3.87. The van der Waals surface area contributed by atoms with Crippen LogP contribution in [-0.4, -0.2) is 47.2 Å². The molecule has 2 aromatic rings. The zero-order valence-corrected chi connectivity index (χ0v) is 12.0. The predicted octanol–water partition coefficient (Wildman–Crippen LogP) is 1.69. The molecule has 1 amide bonds. The molecule has 2 heterocycles. The van der Waals surface area contributed by atoms with Gasteiger partial charge < -0.3 is 9.80 Å². The van der Waals surface area contributed by atoms with E-state index < -0.39 is 0 Å². The summed E-state index contributed by atoms with van der Waals surface area (Å²) in [5.41, 5.74) is 2.12. The minimum atomic E-state index is 0.175. The number of hydrogen-bond acceptors (Lipinski definition) is 3. The van der Waals surface area contributed by atoms with Crippen molar-refractivity contribution in [3.8, 4) is 0 Å². The minimum Gasteiger partial charge on any atom is -0.370 e. The molecule has 0 bridgehead atoms. The average molecular weight is 284 g/mol. The average Bonchev–Trinajstić information content (AvgIpc) is 2.89. The lowest BCUT2D eigenvalue weighted by atomic mass is 10.2. The number of anilines is 1. The van der Waals surface area contributed by atoms with E-state index in [1.807, 2.05) is 17.0 Å². The van der Waals surface area contributed by atoms with E-state index in [4.69, 9.17) is 0 Å². The molecule has 1 aliphatic heterocycles. The van der Waals surface area contributed by atoms with Crippen molar-refractivity contribution in [3.05, 3.63) is 48.3 Å². The van der Waals surface area contributed by atoms with Crippen LogP contribution in [0, 0.1) is 0 Å². The Morgan fingerprint density at radius 2 is 1.95 bits per heavy atom. The molecule has 0 radical (unpaired) electrons. The van der Waals surface area contributed by atoms with Crippen molar-refractivity contribution in [2.45, 2.75) is 12.8 Å². The smallest absolute Gasteiger partial charge is 0.228 e. The Morgan fingerprint density at radius 3 is 2.71 bits per heavy atom. The Labute approximate surface area is 124 Å². The Morgan fingerprint density at radius 1 is 1.10 bits per heavy atom. The van der Waals surface area contributed by atoms with Crippen molar-refractivity contribution < 1.29 is 4.79 Å². The highest BCUT2D eigenvalue weighted by atomic mass is 16.2. The van der Waals surface area contributed by atoms with Crippen LogP contribution in [0.4, 0.5) is 5.69 Å². The molecule has 110 valence electrons. The summed E-state index contributed by atoms with van der Waals surface area (Å²) in [4.78, 5) is 16.6. The van der Waals surface area contributed by atoms with Crippen LogP contribution in [0.25, 0.3) is 0 Å². The van der Waals surface area contributed by atoms with Gasteiger partial charge in [-0.25, -0.2) is 0 Å². The van der Waals surface area contributed by atoms with E-state index in [0.717, 1.165) is 38.3 Å². The fourth-order valence-corrected chi connectivity index (χ4v) is 2.72. The topological polar surface area (TPSA) is 52.2 Å². The quantitative estimate of drug-likeness (QED) is 0.933. The van der Waals surface area contributed by atoms with Crippen LogP contribution < -0.4 is 4.90 Å². The first-order valence-electron chi connectivity index (χ1n) is 7.39. The Balaban J connectivity index is 1.59. The Kier molecular flexibility index (Phi) is 4.19. The van der Waals surface area contributed by atoms with Gasteiger partial charge >= 0.3 is 0 Å². The van der Waals surface area contributed by atoms with Crippen LogP contribution >= 0.6 is 0 Å². The summed E-state index contributed by atoms with van der Waals surface area (Å²) in [6, 6.07) is 12.3. The number of nitrogens with zero attached hydrogens (tertiary/aromatic N) is 3. The van der Waals surface area contributed by atoms with Crippen molar-refractivity contribution in [1.82, 2.24) is 15.1 Å². The van der Waals surface area contributed by atoms with Crippen LogP contribution in [-0.2, 0) is 11.2 Å². The maximum atomic E-state index is 12.3. The fourth-order valence-electron chi connectivity index (χ4n) is 2.72. The van der Waals surface area contributed by atoms with Crippen molar-refractivity contribution >= 4 is 11.6 Å². The lowest BCUT2D eigenvalue weighted by Gasteiger charge is -2.23. The van der Waals surface area contributed by atoms with Gasteiger partial charge in [-0.15, -0.1) is 0 Å². The Hall–Kier alpha value is -2.30. The molecule has 1 saturated heterocycles. The first-order valence-corrected chi connectivity index (χ1v) is 7.39. The second-order valence-electron chi connectivity index (χ2n) is 5.32. The van der Waals surface area contributed by atoms with Crippen LogP contribution in [0.2, 0.25) is 0 Å². The number of rotatable bonds is 3. The molecule has 1 aliphatic rings. The number of para-hydroxylation sites is 1. The summed E-state index contributed by atoms with van der Waals surface area (Å²) < 4.78 is 0. The molecule has 5 nitrogen and oxygen atoms in total. The van der Waals surface area contributed by atoms with E-state index in [1.54, 1.807) is 6.20 Å².